The lowest BCUT2D eigenvalue weighted by Gasteiger charge is -2.29. The van der Waals surface area contributed by atoms with Crippen molar-refractivity contribution in [2.24, 2.45) is 5.73 Å². The first kappa shape index (κ1) is 10.5. The molecule has 2 rings (SSSR count). The lowest BCUT2D eigenvalue weighted by Crippen LogP contribution is -2.31. The summed E-state index contributed by atoms with van der Waals surface area (Å²) < 4.78 is 5.24. The summed E-state index contributed by atoms with van der Waals surface area (Å²) in [5.74, 6) is 1.46. The first-order chi connectivity index (χ1) is 7.31. The first-order valence-electron chi connectivity index (χ1n) is 5.71. The van der Waals surface area contributed by atoms with Crippen molar-refractivity contribution >= 4 is 0 Å². The number of methoxy groups -OCH3 is 1. The highest BCUT2D eigenvalue weighted by atomic mass is 16.5. The Balaban J connectivity index is 2.19. The van der Waals surface area contributed by atoms with Crippen LogP contribution in [-0.4, -0.2) is 13.2 Å². The van der Waals surface area contributed by atoms with E-state index in [9.17, 15) is 0 Å². The van der Waals surface area contributed by atoms with Crippen molar-refractivity contribution in [3.05, 3.63) is 29.8 Å². The Hall–Kier alpha value is -1.02. The van der Waals surface area contributed by atoms with E-state index in [1.165, 1.54) is 24.8 Å². The van der Waals surface area contributed by atoms with E-state index < -0.39 is 0 Å². The summed E-state index contributed by atoms with van der Waals surface area (Å²) in [6.45, 7) is 0. The molecule has 0 aliphatic heterocycles. The number of rotatable bonds is 2. The molecule has 82 valence electrons. The maximum Gasteiger partial charge on any atom is 0.119 e. The van der Waals surface area contributed by atoms with Crippen molar-refractivity contribution < 1.29 is 4.74 Å². The van der Waals surface area contributed by atoms with Crippen LogP contribution in [0.25, 0.3) is 0 Å². The van der Waals surface area contributed by atoms with Crippen LogP contribution in [0.5, 0.6) is 5.75 Å². The van der Waals surface area contributed by atoms with Gasteiger partial charge in [-0.25, -0.2) is 0 Å². The smallest absolute Gasteiger partial charge is 0.119 e. The molecule has 1 aromatic rings. The second-order valence-electron chi connectivity index (χ2n) is 4.33. The van der Waals surface area contributed by atoms with E-state index in [1.807, 2.05) is 6.07 Å². The van der Waals surface area contributed by atoms with Crippen molar-refractivity contribution in [3.8, 4) is 5.75 Å². The molecule has 0 spiro atoms. The predicted molar refractivity (Wildman–Crippen MR) is 62.2 cm³/mol. The van der Waals surface area contributed by atoms with Gasteiger partial charge in [-0.05, 0) is 36.5 Å². The standard InChI is InChI=1S/C13H19NO/c1-15-11-6-4-5-10(9-11)12-7-2-3-8-13(12)14/h4-6,9,12-13H,2-3,7-8,14H2,1H3/t12-,13-/m1/s1. The highest BCUT2D eigenvalue weighted by molar-refractivity contribution is 5.31. The van der Waals surface area contributed by atoms with Gasteiger partial charge in [-0.1, -0.05) is 25.0 Å². The fraction of sp³-hybridized carbons (Fsp3) is 0.538. The van der Waals surface area contributed by atoms with Gasteiger partial charge in [0.2, 0.25) is 0 Å². The van der Waals surface area contributed by atoms with Crippen LogP contribution >= 0.6 is 0 Å². The average molecular weight is 205 g/mol. The zero-order valence-electron chi connectivity index (χ0n) is 9.28. The van der Waals surface area contributed by atoms with Crippen LogP contribution in [0.15, 0.2) is 24.3 Å². The van der Waals surface area contributed by atoms with E-state index in [0.29, 0.717) is 12.0 Å². The minimum atomic E-state index is 0.325. The molecule has 15 heavy (non-hydrogen) atoms. The van der Waals surface area contributed by atoms with Crippen LogP contribution < -0.4 is 10.5 Å². The maximum atomic E-state index is 6.16. The molecule has 1 aromatic carbocycles. The molecular weight excluding hydrogens is 186 g/mol. The monoisotopic (exact) mass is 205 g/mol. The van der Waals surface area contributed by atoms with Gasteiger partial charge in [0.15, 0.2) is 0 Å². The number of hydrogen-bond donors (Lipinski definition) is 1. The summed E-state index contributed by atoms with van der Waals surface area (Å²) in [6, 6.07) is 8.65. The molecule has 1 aliphatic rings. The molecular formula is C13H19NO. The zero-order valence-corrected chi connectivity index (χ0v) is 9.28. The first-order valence-corrected chi connectivity index (χ1v) is 5.71. The van der Waals surface area contributed by atoms with E-state index in [-0.39, 0.29) is 0 Å². The highest BCUT2D eigenvalue weighted by Gasteiger charge is 2.23. The average Bonchev–Trinajstić information content (AvgIpc) is 2.30. The highest BCUT2D eigenvalue weighted by Crippen LogP contribution is 2.33. The number of ether oxygens (including phenoxy) is 1. The quantitative estimate of drug-likeness (QED) is 0.805. The molecule has 2 atom stereocenters. The van der Waals surface area contributed by atoms with Crippen LogP contribution in [0.1, 0.15) is 37.2 Å². The minimum absolute atomic E-state index is 0.325. The molecule has 2 N–H and O–H groups in total. The van der Waals surface area contributed by atoms with Gasteiger partial charge in [0.05, 0.1) is 7.11 Å². The predicted octanol–water partition coefficient (Wildman–Crippen LogP) is 2.68. The van der Waals surface area contributed by atoms with Crippen molar-refractivity contribution in [1.29, 1.82) is 0 Å². The second kappa shape index (κ2) is 4.67. The Kier molecular flexibility index (Phi) is 3.27. The third-order valence-corrected chi connectivity index (χ3v) is 3.34. The van der Waals surface area contributed by atoms with Crippen LogP contribution in [0.4, 0.5) is 0 Å². The zero-order chi connectivity index (χ0) is 10.7. The number of benzene rings is 1. The van der Waals surface area contributed by atoms with Gasteiger partial charge in [-0.3, -0.25) is 0 Å². The van der Waals surface area contributed by atoms with Gasteiger partial charge in [0.1, 0.15) is 5.75 Å². The molecule has 0 bridgehead atoms. The SMILES string of the molecule is COc1cccc([C@H]2CCCC[C@H]2N)c1. The molecule has 0 saturated heterocycles. The summed E-state index contributed by atoms with van der Waals surface area (Å²) in [5, 5.41) is 0. The number of hydrogen-bond acceptors (Lipinski definition) is 2. The van der Waals surface area contributed by atoms with Crippen LogP contribution in [0.2, 0.25) is 0 Å². The topological polar surface area (TPSA) is 35.2 Å². The van der Waals surface area contributed by atoms with Gasteiger partial charge in [-0.15, -0.1) is 0 Å². The van der Waals surface area contributed by atoms with Crippen molar-refractivity contribution in [2.45, 2.75) is 37.6 Å². The number of nitrogens with two attached hydrogens (primary N) is 1. The van der Waals surface area contributed by atoms with E-state index in [2.05, 4.69) is 18.2 Å². The van der Waals surface area contributed by atoms with Gasteiger partial charge in [-0.2, -0.15) is 0 Å². The molecule has 0 radical (unpaired) electrons. The summed E-state index contributed by atoms with van der Waals surface area (Å²) in [5.41, 5.74) is 7.50. The van der Waals surface area contributed by atoms with Gasteiger partial charge < -0.3 is 10.5 Å². The molecule has 1 fully saturated rings. The van der Waals surface area contributed by atoms with Crippen molar-refractivity contribution in [2.75, 3.05) is 7.11 Å². The summed E-state index contributed by atoms with van der Waals surface area (Å²) in [4.78, 5) is 0. The lowest BCUT2D eigenvalue weighted by molar-refractivity contribution is 0.381. The molecule has 0 amide bonds. The molecule has 0 unspecified atom stereocenters. The van der Waals surface area contributed by atoms with Crippen molar-refractivity contribution in [3.63, 3.8) is 0 Å². The molecule has 2 nitrogen and oxygen atoms in total. The Morgan fingerprint density at radius 3 is 2.80 bits per heavy atom. The summed E-state index contributed by atoms with van der Waals surface area (Å²) >= 11 is 0. The van der Waals surface area contributed by atoms with Gasteiger partial charge in [0.25, 0.3) is 0 Å². The van der Waals surface area contributed by atoms with Gasteiger partial charge in [0, 0.05) is 6.04 Å². The largest absolute Gasteiger partial charge is 0.497 e. The molecule has 0 aromatic heterocycles. The minimum Gasteiger partial charge on any atom is -0.497 e. The molecule has 1 aliphatic carbocycles. The Labute approximate surface area is 91.4 Å². The Morgan fingerprint density at radius 1 is 1.27 bits per heavy atom. The van der Waals surface area contributed by atoms with E-state index in [1.54, 1.807) is 7.11 Å². The fourth-order valence-corrected chi connectivity index (χ4v) is 2.45. The van der Waals surface area contributed by atoms with Gasteiger partial charge >= 0.3 is 0 Å². The Morgan fingerprint density at radius 2 is 2.07 bits per heavy atom. The molecule has 0 heterocycles. The van der Waals surface area contributed by atoms with Crippen LogP contribution in [0, 0.1) is 0 Å². The molecule has 2 heteroatoms. The fourth-order valence-electron chi connectivity index (χ4n) is 2.45. The molecule has 1 saturated carbocycles. The maximum absolute atomic E-state index is 6.16. The summed E-state index contributed by atoms with van der Waals surface area (Å²) in [6.07, 6.45) is 4.95. The van der Waals surface area contributed by atoms with E-state index >= 15 is 0 Å². The van der Waals surface area contributed by atoms with Crippen molar-refractivity contribution in [1.82, 2.24) is 0 Å². The van der Waals surface area contributed by atoms with Crippen LogP contribution in [-0.2, 0) is 0 Å². The normalized spacial score (nSPS) is 26.3. The third kappa shape index (κ3) is 2.32. The second-order valence-corrected chi connectivity index (χ2v) is 4.33. The Bertz CT molecular complexity index is 324. The lowest BCUT2D eigenvalue weighted by atomic mass is 9.80. The third-order valence-electron chi connectivity index (χ3n) is 3.34. The van der Waals surface area contributed by atoms with Crippen LogP contribution in [0.3, 0.4) is 0 Å². The summed E-state index contributed by atoms with van der Waals surface area (Å²) in [7, 11) is 1.71. The van der Waals surface area contributed by atoms with E-state index in [0.717, 1.165) is 12.2 Å². The van der Waals surface area contributed by atoms with E-state index in [4.69, 9.17) is 10.5 Å².